The number of hydrogen-bond donors (Lipinski definition) is 1. The van der Waals surface area contributed by atoms with E-state index in [1.807, 2.05) is 25.4 Å². The predicted octanol–water partition coefficient (Wildman–Crippen LogP) is -2.11. The van der Waals surface area contributed by atoms with Gasteiger partial charge in [0.05, 0.1) is 0 Å². The molecule has 3 nitrogen and oxygen atoms in total. The summed E-state index contributed by atoms with van der Waals surface area (Å²) >= 11 is 5.58. The van der Waals surface area contributed by atoms with Gasteiger partial charge in [-0.15, -0.1) is 0 Å². The Labute approximate surface area is 81.7 Å². The van der Waals surface area contributed by atoms with Crippen LogP contribution in [0, 0.1) is 0 Å². The number of aryl methyl sites for hydroxylation is 1. The highest BCUT2D eigenvalue weighted by molar-refractivity contribution is 6.68. The van der Waals surface area contributed by atoms with E-state index in [1.54, 1.807) is 10.6 Å². The Morgan fingerprint density at radius 3 is 2.75 bits per heavy atom. The van der Waals surface area contributed by atoms with Crippen molar-refractivity contribution in [3.8, 4) is 0 Å². The molecule has 0 saturated carbocycles. The van der Waals surface area contributed by atoms with Crippen molar-refractivity contribution in [3.05, 3.63) is 30.1 Å². The van der Waals surface area contributed by atoms with Gasteiger partial charge in [0.25, 0.3) is 0 Å². The summed E-state index contributed by atoms with van der Waals surface area (Å²) in [5.41, 5.74) is 0.677. The third kappa shape index (κ3) is 2.36. The second kappa shape index (κ2) is 4.95. The number of rotatable bonds is 1. The molecule has 0 unspecified atom stereocenters. The predicted molar refractivity (Wildman–Crippen MR) is 41.8 cm³/mol. The van der Waals surface area contributed by atoms with Crippen molar-refractivity contribution in [1.29, 1.82) is 0 Å². The monoisotopic (exact) mass is 206 g/mol. The summed E-state index contributed by atoms with van der Waals surface area (Å²) in [5.74, 6) is 0. The maximum Gasteiger partial charge on any atom is 0.246 e. The van der Waals surface area contributed by atoms with Gasteiger partial charge < -0.3 is 17.6 Å². The highest BCUT2D eigenvalue weighted by Gasteiger charge is 2.10. The van der Waals surface area contributed by atoms with Gasteiger partial charge in [0.2, 0.25) is 10.9 Å². The highest BCUT2D eigenvalue weighted by Crippen LogP contribution is 1.97. The molecule has 1 N–H and O–H groups in total. The van der Waals surface area contributed by atoms with Crippen LogP contribution in [0.5, 0.6) is 0 Å². The van der Waals surface area contributed by atoms with Gasteiger partial charge in [-0.2, -0.15) is 4.57 Å². The van der Waals surface area contributed by atoms with Crippen LogP contribution in [0.25, 0.3) is 0 Å². The number of oxime groups is 1. The van der Waals surface area contributed by atoms with Crippen molar-refractivity contribution in [2.75, 3.05) is 0 Å². The van der Waals surface area contributed by atoms with Gasteiger partial charge in [0.15, 0.2) is 6.20 Å². The van der Waals surface area contributed by atoms with E-state index in [2.05, 4.69) is 5.16 Å². The first-order valence-corrected chi connectivity index (χ1v) is 3.46. The Kier molecular flexibility index (Phi) is 4.62. The van der Waals surface area contributed by atoms with Crippen molar-refractivity contribution in [1.82, 2.24) is 0 Å². The Bertz CT molecular complexity index is 288. The molecule has 1 aromatic rings. The molecule has 0 aliphatic rings. The number of pyridine rings is 1. The van der Waals surface area contributed by atoms with Crippen LogP contribution in [0.4, 0.5) is 0 Å². The second-order valence-corrected chi connectivity index (χ2v) is 2.45. The summed E-state index contributed by atoms with van der Waals surface area (Å²) < 4.78 is 1.77. The van der Waals surface area contributed by atoms with Crippen molar-refractivity contribution in [2.45, 2.75) is 0 Å². The molecule has 0 bridgehead atoms. The highest BCUT2D eigenvalue weighted by atomic mass is 35.5. The summed E-state index contributed by atoms with van der Waals surface area (Å²) in [6.07, 6.45) is 1.82. The fourth-order valence-electron chi connectivity index (χ4n) is 0.789. The van der Waals surface area contributed by atoms with Gasteiger partial charge in [-0.1, -0.05) is 16.8 Å². The second-order valence-electron chi connectivity index (χ2n) is 2.09. The minimum atomic E-state index is 0. The first-order valence-electron chi connectivity index (χ1n) is 3.08. The van der Waals surface area contributed by atoms with Crippen LogP contribution < -0.4 is 17.0 Å². The minimum absolute atomic E-state index is 0. The van der Waals surface area contributed by atoms with Crippen LogP contribution in [0.1, 0.15) is 5.69 Å². The third-order valence-electron chi connectivity index (χ3n) is 1.35. The first-order chi connectivity index (χ1) is 5.25. The maximum atomic E-state index is 8.36. The van der Waals surface area contributed by atoms with Crippen molar-refractivity contribution in [2.24, 2.45) is 12.2 Å². The zero-order chi connectivity index (χ0) is 8.27. The van der Waals surface area contributed by atoms with Crippen LogP contribution in [0.2, 0.25) is 0 Å². The largest absolute Gasteiger partial charge is 1.00 e. The van der Waals surface area contributed by atoms with Crippen molar-refractivity contribution in [3.63, 3.8) is 0 Å². The molecule has 66 valence electrons. The number of aromatic nitrogens is 1. The van der Waals surface area contributed by atoms with Gasteiger partial charge in [0, 0.05) is 12.1 Å². The molecule has 0 aromatic carbocycles. The molecule has 0 aliphatic heterocycles. The summed E-state index contributed by atoms with van der Waals surface area (Å²) in [6.45, 7) is 0. The summed E-state index contributed by atoms with van der Waals surface area (Å²) in [7, 11) is 1.82. The Morgan fingerprint density at radius 1 is 1.58 bits per heavy atom. The lowest BCUT2D eigenvalue weighted by Crippen LogP contribution is -3.00. The molecule has 1 rings (SSSR count). The smallest absolute Gasteiger partial charge is 0.246 e. The van der Waals surface area contributed by atoms with E-state index in [-0.39, 0.29) is 17.6 Å². The first kappa shape index (κ1) is 11.2. The molecule has 0 atom stereocenters. The van der Waals surface area contributed by atoms with Crippen molar-refractivity contribution < 1.29 is 22.2 Å². The molecule has 5 heteroatoms. The summed E-state index contributed by atoms with van der Waals surface area (Å²) in [4.78, 5) is 0. The number of halogens is 2. The molecule has 0 fully saturated rings. The van der Waals surface area contributed by atoms with Crippen LogP contribution in [0.15, 0.2) is 29.6 Å². The summed E-state index contributed by atoms with van der Waals surface area (Å²) in [5, 5.41) is 11.3. The number of nitrogens with zero attached hydrogens (tertiary/aromatic N) is 2. The molecule has 0 amide bonds. The van der Waals surface area contributed by atoms with Crippen LogP contribution in [-0.4, -0.2) is 10.4 Å². The molecule has 1 aromatic heterocycles. The lowest BCUT2D eigenvalue weighted by molar-refractivity contribution is -0.672. The standard InChI is InChI=1S/C7H7ClN2O.ClH/c1-10-5-3-2-4-6(10)7(8)9-11;/h2-5H,1H3;1H. The molecule has 12 heavy (non-hydrogen) atoms. The normalized spacial score (nSPS) is 10.7. The van der Waals surface area contributed by atoms with Crippen LogP contribution >= 0.6 is 11.6 Å². The van der Waals surface area contributed by atoms with Crippen molar-refractivity contribution >= 4 is 16.8 Å². The Hall–Kier alpha value is -0.800. The van der Waals surface area contributed by atoms with Gasteiger partial charge >= 0.3 is 0 Å². The number of hydrogen-bond acceptors (Lipinski definition) is 2. The van der Waals surface area contributed by atoms with Crippen LogP contribution in [-0.2, 0) is 7.05 Å². The average Bonchev–Trinajstić information content (AvgIpc) is 2.04. The lowest BCUT2D eigenvalue weighted by Gasteiger charge is -1.92. The third-order valence-corrected chi connectivity index (χ3v) is 1.62. The zero-order valence-electron chi connectivity index (χ0n) is 6.41. The fraction of sp³-hybridized carbons (Fsp3) is 0.143. The average molecular weight is 207 g/mol. The van der Waals surface area contributed by atoms with E-state index < -0.39 is 0 Å². The van der Waals surface area contributed by atoms with Gasteiger partial charge in [0.1, 0.15) is 7.05 Å². The van der Waals surface area contributed by atoms with E-state index in [0.29, 0.717) is 5.69 Å². The van der Waals surface area contributed by atoms with E-state index in [0.717, 1.165) is 0 Å². The molecular weight excluding hydrogens is 199 g/mol. The van der Waals surface area contributed by atoms with Gasteiger partial charge in [-0.3, -0.25) is 0 Å². The van der Waals surface area contributed by atoms with E-state index in [4.69, 9.17) is 16.8 Å². The van der Waals surface area contributed by atoms with E-state index in [1.165, 1.54) is 0 Å². The van der Waals surface area contributed by atoms with E-state index >= 15 is 0 Å². The topological polar surface area (TPSA) is 36.5 Å². The Balaban J connectivity index is 0.00000121. The Morgan fingerprint density at radius 2 is 2.25 bits per heavy atom. The van der Waals surface area contributed by atoms with Crippen LogP contribution in [0.3, 0.4) is 0 Å². The van der Waals surface area contributed by atoms with E-state index in [9.17, 15) is 0 Å². The molecule has 0 spiro atoms. The molecule has 1 heterocycles. The van der Waals surface area contributed by atoms with Gasteiger partial charge in [-0.05, 0) is 6.07 Å². The quantitative estimate of drug-likeness (QED) is 0.243. The minimum Gasteiger partial charge on any atom is -1.00 e. The fourth-order valence-corrected chi connectivity index (χ4v) is 0.985. The molecule has 0 radical (unpaired) electrons. The molecular formula is C7H8Cl2N2O. The SMILES string of the molecule is C[n+]1ccccc1C(Cl)=NO.[Cl-]. The van der Waals surface area contributed by atoms with Gasteiger partial charge in [-0.25, -0.2) is 0 Å². The maximum absolute atomic E-state index is 8.36. The molecule has 0 aliphatic carbocycles. The molecule has 0 saturated heterocycles. The zero-order valence-corrected chi connectivity index (χ0v) is 7.92. The summed E-state index contributed by atoms with van der Waals surface area (Å²) in [6, 6.07) is 5.45. The lowest BCUT2D eigenvalue weighted by atomic mass is 10.3.